The number of fused-ring (bicyclic) bond motifs is 1. The molecule has 0 fully saturated rings. The Morgan fingerprint density at radius 3 is 2.59 bits per heavy atom. The Hall–Kier alpha value is -2.23. The first-order chi connectivity index (χ1) is 8.13. The van der Waals surface area contributed by atoms with Crippen LogP contribution in [0.2, 0.25) is 0 Å². The molecule has 1 aliphatic carbocycles. The minimum Gasteiger partial charge on any atom is -0.469 e. The molecule has 2 rings (SSSR count). The third kappa shape index (κ3) is 2.01. The SMILES string of the molecule is COC(=O)Cc1cccc2c1C(=O)C=CC2=O. The van der Waals surface area contributed by atoms with Crippen molar-refractivity contribution in [3.63, 3.8) is 0 Å². The van der Waals surface area contributed by atoms with Crippen molar-refractivity contribution >= 4 is 17.5 Å². The van der Waals surface area contributed by atoms with Crippen LogP contribution in [0.4, 0.5) is 0 Å². The van der Waals surface area contributed by atoms with Gasteiger partial charge in [-0.15, -0.1) is 0 Å². The molecule has 0 N–H and O–H groups in total. The molecule has 0 spiro atoms. The van der Waals surface area contributed by atoms with E-state index in [1.165, 1.54) is 19.3 Å². The Balaban J connectivity index is 2.50. The highest BCUT2D eigenvalue weighted by atomic mass is 16.5. The van der Waals surface area contributed by atoms with Crippen LogP contribution in [0, 0.1) is 0 Å². The molecule has 1 aliphatic rings. The molecule has 0 radical (unpaired) electrons. The van der Waals surface area contributed by atoms with Crippen molar-refractivity contribution in [1.82, 2.24) is 0 Å². The van der Waals surface area contributed by atoms with Gasteiger partial charge in [-0.1, -0.05) is 18.2 Å². The molecule has 0 amide bonds. The molecule has 0 atom stereocenters. The fraction of sp³-hybridized carbons (Fsp3) is 0.154. The van der Waals surface area contributed by atoms with Gasteiger partial charge in [0.2, 0.25) is 0 Å². The summed E-state index contributed by atoms with van der Waals surface area (Å²) in [5.41, 5.74) is 1.18. The Morgan fingerprint density at radius 1 is 1.18 bits per heavy atom. The quantitative estimate of drug-likeness (QED) is 0.719. The number of rotatable bonds is 2. The van der Waals surface area contributed by atoms with Gasteiger partial charge in [0.1, 0.15) is 0 Å². The minimum atomic E-state index is -0.437. The summed E-state index contributed by atoms with van der Waals surface area (Å²) < 4.78 is 4.55. The van der Waals surface area contributed by atoms with Crippen molar-refractivity contribution in [2.24, 2.45) is 0 Å². The van der Waals surface area contributed by atoms with E-state index < -0.39 is 5.97 Å². The minimum absolute atomic E-state index is 0.00741. The van der Waals surface area contributed by atoms with Crippen LogP contribution in [0.15, 0.2) is 30.4 Å². The normalized spacial score (nSPS) is 13.5. The fourth-order valence-corrected chi connectivity index (χ4v) is 1.80. The molecule has 0 bridgehead atoms. The van der Waals surface area contributed by atoms with Crippen LogP contribution in [0.1, 0.15) is 26.3 Å². The Morgan fingerprint density at radius 2 is 1.88 bits per heavy atom. The summed E-state index contributed by atoms with van der Waals surface area (Å²) in [6.45, 7) is 0. The lowest BCUT2D eigenvalue weighted by Crippen LogP contribution is -2.16. The van der Waals surface area contributed by atoms with E-state index in [-0.39, 0.29) is 18.0 Å². The lowest BCUT2D eigenvalue weighted by atomic mass is 9.89. The molecule has 0 heterocycles. The van der Waals surface area contributed by atoms with Gasteiger partial charge in [-0.25, -0.2) is 0 Å². The molecule has 1 aromatic carbocycles. The molecule has 86 valence electrons. The number of esters is 1. The van der Waals surface area contributed by atoms with E-state index in [9.17, 15) is 14.4 Å². The van der Waals surface area contributed by atoms with Crippen molar-refractivity contribution in [3.8, 4) is 0 Å². The van der Waals surface area contributed by atoms with E-state index >= 15 is 0 Å². The maximum atomic E-state index is 11.7. The van der Waals surface area contributed by atoms with E-state index in [0.717, 1.165) is 0 Å². The smallest absolute Gasteiger partial charge is 0.310 e. The van der Waals surface area contributed by atoms with Crippen molar-refractivity contribution in [2.75, 3.05) is 7.11 Å². The van der Waals surface area contributed by atoms with E-state index in [2.05, 4.69) is 4.74 Å². The van der Waals surface area contributed by atoms with Crippen LogP contribution in [-0.4, -0.2) is 24.6 Å². The van der Waals surface area contributed by atoms with Gasteiger partial charge in [-0.2, -0.15) is 0 Å². The van der Waals surface area contributed by atoms with Gasteiger partial charge in [0.05, 0.1) is 13.5 Å². The van der Waals surface area contributed by atoms with Crippen molar-refractivity contribution in [1.29, 1.82) is 0 Å². The fourth-order valence-electron chi connectivity index (χ4n) is 1.80. The van der Waals surface area contributed by atoms with E-state index in [1.54, 1.807) is 18.2 Å². The van der Waals surface area contributed by atoms with Crippen molar-refractivity contribution in [2.45, 2.75) is 6.42 Å². The molecule has 0 saturated heterocycles. The van der Waals surface area contributed by atoms with Crippen molar-refractivity contribution in [3.05, 3.63) is 47.0 Å². The first-order valence-corrected chi connectivity index (χ1v) is 5.09. The van der Waals surface area contributed by atoms with Gasteiger partial charge in [-0.05, 0) is 17.7 Å². The van der Waals surface area contributed by atoms with E-state index in [0.29, 0.717) is 16.7 Å². The second-order valence-electron chi connectivity index (χ2n) is 3.65. The second-order valence-corrected chi connectivity index (χ2v) is 3.65. The zero-order valence-corrected chi connectivity index (χ0v) is 9.23. The summed E-state index contributed by atoms with van der Waals surface area (Å²) in [4.78, 5) is 34.5. The lowest BCUT2D eigenvalue weighted by molar-refractivity contribution is -0.139. The maximum Gasteiger partial charge on any atom is 0.310 e. The van der Waals surface area contributed by atoms with Crippen LogP contribution in [0.5, 0.6) is 0 Å². The number of ether oxygens (including phenoxy) is 1. The third-order valence-electron chi connectivity index (χ3n) is 2.61. The topological polar surface area (TPSA) is 60.4 Å². The van der Waals surface area contributed by atoms with E-state index in [4.69, 9.17) is 0 Å². The van der Waals surface area contributed by atoms with Gasteiger partial charge in [0.15, 0.2) is 11.6 Å². The van der Waals surface area contributed by atoms with Crippen LogP contribution >= 0.6 is 0 Å². The molecule has 0 aliphatic heterocycles. The van der Waals surface area contributed by atoms with Gasteiger partial charge in [0, 0.05) is 11.1 Å². The molecule has 1 aromatic rings. The number of hydrogen-bond acceptors (Lipinski definition) is 4. The molecule has 0 saturated carbocycles. The molecule has 4 heteroatoms. The molecule has 0 unspecified atom stereocenters. The highest BCUT2D eigenvalue weighted by molar-refractivity contribution is 6.22. The Labute approximate surface area is 97.9 Å². The third-order valence-corrected chi connectivity index (χ3v) is 2.61. The van der Waals surface area contributed by atoms with Gasteiger partial charge >= 0.3 is 5.97 Å². The number of methoxy groups -OCH3 is 1. The predicted molar refractivity (Wildman–Crippen MR) is 60.0 cm³/mol. The number of carbonyl (C=O) groups excluding carboxylic acids is 3. The number of hydrogen-bond donors (Lipinski definition) is 0. The standard InChI is InChI=1S/C13H10O4/c1-17-12(16)7-8-3-2-4-9-10(14)5-6-11(15)13(8)9/h2-6H,7H2,1H3. The molecule has 0 aromatic heterocycles. The van der Waals surface area contributed by atoms with Gasteiger partial charge < -0.3 is 4.74 Å². The highest BCUT2D eigenvalue weighted by Gasteiger charge is 2.22. The second kappa shape index (κ2) is 4.33. The molecular formula is C13H10O4. The summed E-state index contributed by atoms with van der Waals surface area (Å²) in [5, 5.41) is 0. The summed E-state index contributed by atoms with van der Waals surface area (Å²) in [6.07, 6.45) is 2.46. The van der Waals surface area contributed by atoms with Gasteiger partial charge in [0.25, 0.3) is 0 Å². The van der Waals surface area contributed by atoms with Crippen LogP contribution in [-0.2, 0) is 16.0 Å². The number of carbonyl (C=O) groups is 3. The van der Waals surface area contributed by atoms with Gasteiger partial charge in [-0.3, -0.25) is 14.4 Å². The molecule has 4 nitrogen and oxygen atoms in total. The summed E-state index contributed by atoms with van der Waals surface area (Å²) >= 11 is 0. The van der Waals surface area contributed by atoms with Crippen LogP contribution in [0.3, 0.4) is 0 Å². The monoisotopic (exact) mass is 230 g/mol. The van der Waals surface area contributed by atoms with E-state index in [1.807, 2.05) is 0 Å². The number of benzene rings is 1. The molecular weight excluding hydrogens is 220 g/mol. The van der Waals surface area contributed by atoms with Crippen LogP contribution in [0.25, 0.3) is 0 Å². The molecule has 17 heavy (non-hydrogen) atoms. The largest absolute Gasteiger partial charge is 0.469 e. The highest BCUT2D eigenvalue weighted by Crippen LogP contribution is 2.21. The maximum absolute atomic E-state index is 11.7. The Bertz CT molecular complexity index is 540. The average molecular weight is 230 g/mol. The average Bonchev–Trinajstić information content (AvgIpc) is 2.34. The van der Waals surface area contributed by atoms with Crippen molar-refractivity contribution < 1.29 is 19.1 Å². The Kier molecular flexibility index (Phi) is 2.87. The lowest BCUT2D eigenvalue weighted by Gasteiger charge is -2.13. The number of allylic oxidation sites excluding steroid dienone is 2. The zero-order valence-electron chi connectivity index (χ0n) is 9.23. The zero-order chi connectivity index (χ0) is 12.4. The predicted octanol–water partition coefficient (Wildman–Crippen LogP) is 1.34. The summed E-state index contributed by atoms with van der Waals surface area (Å²) in [5.74, 6) is -0.904. The van der Waals surface area contributed by atoms with Crippen LogP contribution < -0.4 is 0 Å². The first kappa shape index (κ1) is 11.3. The summed E-state index contributed by atoms with van der Waals surface area (Å²) in [7, 11) is 1.28. The first-order valence-electron chi connectivity index (χ1n) is 5.09. The number of ketones is 2. The summed E-state index contributed by atoms with van der Waals surface area (Å²) in [6, 6.07) is 4.89.